The Labute approximate surface area is 134 Å². The molecule has 1 amide bonds. The summed E-state index contributed by atoms with van der Waals surface area (Å²) in [5.41, 5.74) is 0.307. The van der Waals surface area contributed by atoms with E-state index in [2.05, 4.69) is 10.0 Å². The summed E-state index contributed by atoms with van der Waals surface area (Å²) in [5, 5.41) is 2.44. The number of hydrogen-bond donors (Lipinski definition) is 2. The third-order valence-electron chi connectivity index (χ3n) is 3.09. The number of amides is 1. The normalized spacial score (nSPS) is 11.2. The highest BCUT2D eigenvalue weighted by atomic mass is 32.2. The number of para-hydroxylation sites is 1. The van der Waals surface area contributed by atoms with Crippen molar-refractivity contribution < 1.29 is 17.6 Å². The molecule has 2 aromatic carbocycles. The lowest BCUT2D eigenvalue weighted by Crippen LogP contribution is -2.24. The van der Waals surface area contributed by atoms with Crippen LogP contribution in [0.1, 0.15) is 23.7 Å². The fourth-order valence-corrected chi connectivity index (χ4v) is 3.00. The molecule has 2 rings (SSSR count). The van der Waals surface area contributed by atoms with Gasteiger partial charge < -0.3 is 5.32 Å². The molecule has 0 saturated heterocycles. The molecule has 0 radical (unpaired) electrons. The minimum absolute atomic E-state index is 0.0683. The van der Waals surface area contributed by atoms with Gasteiger partial charge in [0.15, 0.2) is 0 Å². The van der Waals surface area contributed by atoms with Gasteiger partial charge in [0.25, 0.3) is 5.91 Å². The summed E-state index contributed by atoms with van der Waals surface area (Å²) in [6.45, 7) is 2.20. The fourth-order valence-electron chi connectivity index (χ4n) is 1.86. The van der Waals surface area contributed by atoms with E-state index in [1.807, 2.05) is 6.92 Å². The summed E-state index contributed by atoms with van der Waals surface area (Å²) >= 11 is 0. The van der Waals surface area contributed by atoms with Gasteiger partial charge in [-0.2, -0.15) is 0 Å². The summed E-state index contributed by atoms with van der Waals surface area (Å²) in [4.78, 5) is 12.1. The van der Waals surface area contributed by atoms with Crippen molar-refractivity contribution in [2.24, 2.45) is 0 Å². The number of hydrogen-bond acceptors (Lipinski definition) is 3. The zero-order chi connectivity index (χ0) is 16.9. The maximum atomic E-state index is 13.5. The number of anilines is 1. The second-order valence-corrected chi connectivity index (χ2v) is 6.62. The van der Waals surface area contributed by atoms with Crippen LogP contribution < -0.4 is 10.0 Å². The van der Waals surface area contributed by atoms with Crippen molar-refractivity contribution in [2.75, 3.05) is 11.9 Å². The van der Waals surface area contributed by atoms with Crippen LogP contribution in [0.25, 0.3) is 0 Å². The molecule has 0 aliphatic carbocycles. The molecule has 2 N–H and O–H groups in total. The van der Waals surface area contributed by atoms with Gasteiger partial charge in [-0.25, -0.2) is 17.5 Å². The van der Waals surface area contributed by atoms with E-state index in [1.54, 1.807) is 6.07 Å². The highest BCUT2D eigenvalue weighted by molar-refractivity contribution is 7.89. The molecule has 0 atom stereocenters. The van der Waals surface area contributed by atoms with E-state index in [1.165, 1.54) is 42.5 Å². The Hall–Kier alpha value is -2.25. The van der Waals surface area contributed by atoms with E-state index in [4.69, 9.17) is 0 Å². The second-order valence-electron chi connectivity index (χ2n) is 4.86. The van der Waals surface area contributed by atoms with Crippen LogP contribution in [0.15, 0.2) is 53.4 Å². The molecule has 0 unspecified atom stereocenters. The lowest BCUT2D eigenvalue weighted by atomic mass is 10.2. The number of benzene rings is 2. The van der Waals surface area contributed by atoms with Crippen LogP contribution >= 0.6 is 0 Å². The Kier molecular flexibility index (Phi) is 5.46. The standard InChI is InChI=1S/C16H17FN2O3S/c1-2-11-18-23(21,22)13-9-7-12(8-10-13)16(20)19-15-6-4-3-5-14(15)17/h3-10,18H,2,11H2,1H3,(H,19,20). The van der Waals surface area contributed by atoms with Crippen molar-refractivity contribution >= 4 is 21.6 Å². The average Bonchev–Trinajstić information content (AvgIpc) is 2.55. The first-order chi connectivity index (χ1) is 10.9. The van der Waals surface area contributed by atoms with E-state index in [0.717, 1.165) is 0 Å². The molecule has 0 spiro atoms. The van der Waals surface area contributed by atoms with Gasteiger partial charge in [-0.1, -0.05) is 19.1 Å². The molecule has 2 aromatic rings. The molecule has 23 heavy (non-hydrogen) atoms. The number of carbonyl (C=O) groups is 1. The van der Waals surface area contributed by atoms with E-state index in [0.29, 0.717) is 13.0 Å². The topological polar surface area (TPSA) is 75.3 Å². The molecule has 0 aromatic heterocycles. The van der Waals surface area contributed by atoms with Crippen molar-refractivity contribution in [2.45, 2.75) is 18.2 Å². The average molecular weight is 336 g/mol. The zero-order valence-electron chi connectivity index (χ0n) is 12.5. The van der Waals surface area contributed by atoms with E-state index in [-0.39, 0.29) is 16.1 Å². The minimum atomic E-state index is -3.57. The molecule has 0 heterocycles. The number of carbonyl (C=O) groups excluding carboxylic acids is 1. The third-order valence-corrected chi connectivity index (χ3v) is 4.57. The van der Waals surface area contributed by atoms with Gasteiger partial charge in [-0.15, -0.1) is 0 Å². The van der Waals surface area contributed by atoms with Gasteiger partial charge in [0, 0.05) is 12.1 Å². The Morgan fingerprint density at radius 3 is 2.35 bits per heavy atom. The van der Waals surface area contributed by atoms with Crippen LogP contribution in [0, 0.1) is 5.82 Å². The Morgan fingerprint density at radius 1 is 1.09 bits per heavy atom. The maximum absolute atomic E-state index is 13.5. The minimum Gasteiger partial charge on any atom is -0.319 e. The van der Waals surface area contributed by atoms with Crippen molar-refractivity contribution in [1.82, 2.24) is 4.72 Å². The van der Waals surface area contributed by atoms with E-state index >= 15 is 0 Å². The molecular weight excluding hydrogens is 319 g/mol. The molecule has 0 fully saturated rings. The first-order valence-corrected chi connectivity index (χ1v) is 8.58. The highest BCUT2D eigenvalue weighted by Crippen LogP contribution is 2.15. The summed E-state index contributed by atoms with van der Waals surface area (Å²) < 4.78 is 39.8. The van der Waals surface area contributed by atoms with Gasteiger partial charge in [-0.05, 0) is 42.8 Å². The summed E-state index contributed by atoms with van der Waals surface area (Å²) in [6.07, 6.45) is 0.683. The summed E-state index contributed by atoms with van der Waals surface area (Å²) in [7, 11) is -3.57. The molecule has 122 valence electrons. The molecule has 0 saturated carbocycles. The predicted octanol–water partition coefficient (Wildman–Crippen LogP) is 2.77. The monoisotopic (exact) mass is 336 g/mol. The van der Waals surface area contributed by atoms with E-state index < -0.39 is 21.7 Å². The molecule has 7 heteroatoms. The Balaban J connectivity index is 2.13. The lowest BCUT2D eigenvalue weighted by molar-refractivity contribution is 0.102. The van der Waals surface area contributed by atoms with Crippen LogP contribution in [0.5, 0.6) is 0 Å². The van der Waals surface area contributed by atoms with Crippen molar-refractivity contribution in [3.8, 4) is 0 Å². The van der Waals surface area contributed by atoms with Crippen LogP contribution in [0.4, 0.5) is 10.1 Å². The number of rotatable bonds is 6. The SMILES string of the molecule is CCCNS(=O)(=O)c1ccc(C(=O)Nc2ccccc2F)cc1. The van der Waals surface area contributed by atoms with Crippen LogP contribution in [0.3, 0.4) is 0 Å². The quantitative estimate of drug-likeness (QED) is 0.852. The third kappa shape index (κ3) is 4.37. The van der Waals surface area contributed by atoms with Gasteiger partial charge in [0.05, 0.1) is 10.6 Å². The molecule has 0 aliphatic rings. The predicted molar refractivity (Wildman–Crippen MR) is 86.3 cm³/mol. The molecule has 5 nitrogen and oxygen atoms in total. The van der Waals surface area contributed by atoms with Gasteiger partial charge in [0.1, 0.15) is 5.82 Å². The van der Waals surface area contributed by atoms with Crippen molar-refractivity contribution in [1.29, 1.82) is 0 Å². The van der Waals surface area contributed by atoms with Crippen LogP contribution in [-0.2, 0) is 10.0 Å². The van der Waals surface area contributed by atoms with Crippen molar-refractivity contribution in [3.05, 3.63) is 59.9 Å². The summed E-state index contributed by atoms with van der Waals surface area (Å²) in [6, 6.07) is 11.3. The molecule has 0 bridgehead atoms. The van der Waals surface area contributed by atoms with Crippen molar-refractivity contribution in [3.63, 3.8) is 0 Å². The van der Waals surface area contributed by atoms with Gasteiger partial charge in [0.2, 0.25) is 10.0 Å². The second kappa shape index (κ2) is 7.34. The largest absolute Gasteiger partial charge is 0.319 e. The van der Waals surface area contributed by atoms with E-state index in [9.17, 15) is 17.6 Å². The zero-order valence-corrected chi connectivity index (χ0v) is 13.4. The summed E-state index contributed by atoms with van der Waals surface area (Å²) in [5.74, 6) is -1.05. The Morgan fingerprint density at radius 2 is 1.74 bits per heavy atom. The van der Waals surface area contributed by atoms with Crippen LogP contribution in [-0.4, -0.2) is 20.9 Å². The highest BCUT2D eigenvalue weighted by Gasteiger charge is 2.14. The van der Waals surface area contributed by atoms with Crippen LogP contribution in [0.2, 0.25) is 0 Å². The number of sulfonamides is 1. The van der Waals surface area contributed by atoms with Gasteiger partial charge in [-0.3, -0.25) is 4.79 Å². The first kappa shape index (κ1) is 17.1. The number of nitrogens with one attached hydrogen (secondary N) is 2. The Bertz CT molecular complexity index is 789. The maximum Gasteiger partial charge on any atom is 0.255 e. The smallest absolute Gasteiger partial charge is 0.255 e. The number of halogens is 1. The fraction of sp³-hybridized carbons (Fsp3) is 0.188. The molecular formula is C16H17FN2O3S. The molecule has 0 aliphatic heterocycles. The first-order valence-electron chi connectivity index (χ1n) is 7.09. The lowest BCUT2D eigenvalue weighted by Gasteiger charge is -2.08. The van der Waals surface area contributed by atoms with Gasteiger partial charge >= 0.3 is 0 Å².